The molecule has 0 fully saturated rings. The molecule has 1 aromatic rings. The molecule has 0 bridgehead atoms. The molecule has 0 radical (unpaired) electrons. The Morgan fingerprint density at radius 3 is 2.24 bits per heavy atom. The largest absolute Gasteiger partial charge is 0.478 e. The number of aromatic carboxylic acids is 1. The van der Waals surface area contributed by atoms with Crippen LogP contribution in [0.4, 0.5) is 4.79 Å². The Morgan fingerprint density at radius 2 is 1.76 bits per heavy atom. The topological polar surface area (TPSA) is 105 Å². The highest BCUT2D eigenvalue weighted by atomic mass is 16.6. The molecule has 1 aromatic carbocycles. The van der Waals surface area contributed by atoms with Gasteiger partial charge in [-0.25, -0.2) is 15.0 Å². The molecule has 0 aliphatic heterocycles. The molecule has 21 heavy (non-hydrogen) atoms. The zero-order valence-electron chi connectivity index (χ0n) is 12.3. The van der Waals surface area contributed by atoms with E-state index in [4.69, 9.17) is 9.84 Å². The molecule has 0 heterocycles. The van der Waals surface area contributed by atoms with E-state index in [2.05, 4.69) is 10.9 Å². The van der Waals surface area contributed by atoms with Crippen molar-refractivity contribution in [2.75, 3.05) is 0 Å². The van der Waals surface area contributed by atoms with Gasteiger partial charge in [-0.1, -0.05) is 0 Å². The Bertz CT molecular complexity index is 575. The molecule has 2 amide bonds. The van der Waals surface area contributed by atoms with Crippen molar-refractivity contribution >= 4 is 18.0 Å². The van der Waals surface area contributed by atoms with Crippen LogP contribution in [0.5, 0.6) is 0 Å². The Morgan fingerprint density at radius 1 is 1.14 bits per heavy atom. The van der Waals surface area contributed by atoms with Gasteiger partial charge in [-0.2, -0.15) is 0 Å². The molecule has 0 spiro atoms. The zero-order chi connectivity index (χ0) is 16.2. The minimum Gasteiger partial charge on any atom is -0.478 e. The summed E-state index contributed by atoms with van der Waals surface area (Å²) in [5.74, 6) is -1.63. The van der Waals surface area contributed by atoms with Crippen LogP contribution in [0.3, 0.4) is 0 Å². The van der Waals surface area contributed by atoms with E-state index < -0.39 is 23.6 Å². The van der Waals surface area contributed by atoms with Crippen molar-refractivity contribution in [1.29, 1.82) is 0 Å². The summed E-state index contributed by atoms with van der Waals surface area (Å²) in [6, 6.07) is 4.12. The maximum Gasteiger partial charge on any atom is 0.426 e. The highest BCUT2D eigenvalue weighted by Gasteiger charge is 2.17. The van der Waals surface area contributed by atoms with Gasteiger partial charge in [-0.05, 0) is 51.5 Å². The molecule has 7 heteroatoms. The van der Waals surface area contributed by atoms with E-state index in [0.29, 0.717) is 5.56 Å². The number of aryl methyl sites for hydroxylation is 1. The summed E-state index contributed by atoms with van der Waals surface area (Å²) in [5.41, 5.74) is 4.43. The molecule has 0 saturated heterocycles. The van der Waals surface area contributed by atoms with E-state index in [-0.39, 0.29) is 11.1 Å². The summed E-state index contributed by atoms with van der Waals surface area (Å²) >= 11 is 0. The van der Waals surface area contributed by atoms with Gasteiger partial charge in [0.1, 0.15) is 5.60 Å². The smallest absolute Gasteiger partial charge is 0.426 e. The van der Waals surface area contributed by atoms with Gasteiger partial charge in [0.25, 0.3) is 5.91 Å². The van der Waals surface area contributed by atoms with E-state index in [0.717, 1.165) is 0 Å². The molecule has 0 aliphatic carbocycles. The summed E-state index contributed by atoms with van der Waals surface area (Å²) in [6.45, 7) is 6.68. The van der Waals surface area contributed by atoms with Crippen LogP contribution in [-0.2, 0) is 4.74 Å². The van der Waals surface area contributed by atoms with Gasteiger partial charge in [0.05, 0.1) is 5.56 Å². The number of carbonyl (C=O) groups excluding carboxylic acids is 2. The average molecular weight is 294 g/mol. The van der Waals surface area contributed by atoms with Crippen molar-refractivity contribution in [2.45, 2.75) is 33.3 Å². The first-order chi connectivity index (χ1) is 9.60. The second-order valence-electron chi connectivity index (χ2n) is 5.42. The van der Waals surface area contributed by atoms with Crippen LogP contribution in [0.25, 0.3) is 0 Å². The van der Waals surface area contributed by atoms with Crippen LogP contribution in [-0.4, -0.2) is 28.7 Å². The predicted molar refractivity (Wildman–Crippen MR) is 75.0 cm³/mol. The lowest BCUT2D eigenvalue weighted by Crippen LogP contribution is -2.44. The second-order valence-corrected chi connectivity index (χ2v) is 5.42. The minimum absolute atomic E-state index is 0.117. The lowest BCUT2D eigenvalue weighted by Gasteiger charge is -2.19. The van der Waals surface area contributed by atoms with E-state index in [1.165, 1.54) is 18.2 Å². The number of hydrogen-bond donors (Lipinski definition) is 3. The fraction of sp³-hybridized carbons (Fsp3) is 0.357. The third-order valence-electron chi connectivity index (χ3n) is 2.40. The second kappa shape index (κ2) is 6.25. The van der Waals surface area contributed by atoms with Crippen LogP contribution in [0.1, 0.15) is 47.1 Å². The average Bonchev–Trinajstić information content (AvgIpc) is 2.33. The third kappa shape index (κ3) is 5.13. The first-order valence-electron chi connectivity index (χ1n) is 6.23. The molecule has 0 saturated carbocycles. The summed E-state index contributed by atoms with van der Waals surface area (Å²) in [5, 5.41) is 8.91. The number of benzene rings is 1. The molecule has 0 aromatic heterocycles. The summed E-state index contributed by atoms with van der Waals surface area (Å²) in [7, 11) is 0. The number of hydrazine groups is 1. The van der Waals surface area contributed by atoms with Crippen LogP contribution in [0.2, 0.25) is 0 Å². The molecular weight excluding hydrogens is 276 g/mol. The summed E-state index contributed by atoms with van der Waals surface area (Å²) in [6.07, 6.45) is -0.783. The zero-order valence-corrected chi connectivity index (χ0v) is 12.3. The fourth-order valence-corrected chi connectivity index (χ4v) is 1.53. The molecule has 1 rings (SSSR count). The van der Waals surface area contributed by atoms with E-state index in [9.17, 15) is 14.4 Å². The van der Waals surface area contributed by atoms with Crippen molar-refractivity contribution in [3.05, 3.63) is 34.9 Å². The van der Waals surface area contributed by atoms with Crippen LogP contribution in [0.15, 0.2) is 18.2 Å². The lowest BCUT2D eigenvalue weighted by molar-refractivity contribution is 0.0483. The SMILES string of the molecule is Cc1cc(C(=O)NNC(=O)OC(C)(C)C)ccc1C(=O)O. The number of carboxylic acids is 1. The van der Waals surface area contributed by atoms with E-state index in [1.54, 1.807) is 27.7 Å². The summed E-state index contributed by atoms with van der Waals surface area (Å²) < 4.78 is 4.96. The quantitative estimate of drug-likeness (QED) is 0.722. The Balaban J connectivity index is 2.67. The predicted octanol–water partition coefficient (Wildman–Crippen LogP) is 1.86. The fourth-order valence-electron chi connectivity index (χ4n) is 1.53. The highest BCUT2D eigenvalue weighted by Crippen LogP contribution is 2.11. The van der Waals surface area contributed by atoms with E-state index in [1.807, 2.05) is 0 Å². The lowest BCUT2D eigenvalue weighted by atomic mass is 10.1. The number of rotatable bonds is 2. The van der Waals surface area contributed by atoms with Crippen molar-refractivity contribution in [3.8, 4) is 0 Å². The van der Waals surface area contributed by atoms with Crippen LogP contribution < -0.4 is 10.9 Å². The van der Waals surface area contributed by atoms with Gasteiger partial charge < -0.3 is 9.84 Å². The van der Waals surface area contributed by atoms with Gasteiger partial charge in [0.15, 0.2) is 0 Å². The molecule has 0 atom stereocenters. The number of nitrogens with one attached hydrogen (secondary N) is 2. The maximum absolute atomic E-state index is 11.8. The molecule has 7 nitrogen and oxygen atoms in total. The van der Waals surface area contributed by atoms with Gasteiger partial charge in [0.2, 0.25) is 0 Å². The Hall–Kier alpha value is -2.57. The van der Waals surface area contributed by atoms with Crippen LogP contribution in [0, 0.1) is 6.92 Å². The molecule has 0 unspecified atom stereocenters. The molecule has 0 aliphatic rings. The standard InChI is InChI=1S/C14H18N2O5/c1-8-7-9(5-6-10(8)12(18)19)11(17)15-16-13(20)21-14(2,3)4/h5-7H,1-4H3,(H,15,17)(H,16,20)(H,18,19). The number of carboxylic acid groups (broad SMARTS) is 1. The van der Waals surface area contributed by atoms with Crippen molar-refractivity contribution < 1.29 is 24.2 Å². The van der Waals surface area contributed by atoms with Crippen molar-refractivity contribution in [2.24, 2.45) is 0 Å². The van der Waals surface area contributed by atoms with E-state index >= 15 is 0 Å². The maximum atomic E-state index is 11.8. The Kier molecular flexibility index (Phi) is 4.91. The molecule has 3 N–H and O–H groups in total. The van der Waals surface area contributed by atoms with Crippen molar-refractivity contribution in [3.63, 3.8) is 0 Å². The third-order valence-corrected chi connectivity index (χ3v) is 2.40. The number of amides is 2. The Labute approximate surface area is 122 Å². The van der Waals surface area contributed by atoms with Gasteiger partial charge in [0, 0.05) is 5.56 Å². The highest BCUT2D eigenvalue weighted by molar-refractivity contribution is 5.97. The van der Waals surface area contributed by atoms with Gasteiger partial charge >= 0.3 is 12.1 Å². The first kappa shape index (κ1) is 16.5. The monoisotopic (exact) mass is 294 g/mol. The molecule has 114 valence electrons. The minimum atomic E-state index is -1.06. The summed E-state index contributed by atoms with van der Waals surface area (Å²) in [4.78, 5) is 34.1. The number of hydrogen-bond acceptors (Lipinski definition) is 4. The first-order valence-corrected chi connectivity index (χ1v) is 6.23. The van der Waals surface area contributed by atoms with Gasteiger partial charge in [-0.15, -0.1) is 0 Å². The number of carbonyl (C=O) groups is 3. The van der Waals surface area contributed by atoms with Crippen molar-refractivity contribution in [1.82, 2.24) is 10.9 Å². The van der Waals surface area contributed by atoms with Crippen LogP contribution >= 0.6 is 0 Å². The van der Waals surface area contributed by atoms with Gasteiger partial charge in [-0.3, -0.25) is 10.2 Å². The molecular formula is C14H18N2O5. The number of ether oxygens (including phenoxy) is 1. The normalized spacial score (nSPS) is 10.7.